The van der Waals surface area contributed by atoms with E-state index in [0.29, 0.717) is 38.5 Å². The van der Waals surface area contributed by atoms with Crippen LogP contribution in [0.2, 0.25) is 0 Å². The molecular formula is C26H46O17P2-2. The summed E-state index contributed by atoms with van der Waals surface area (Å²) < 4.78 is 63.4. The lowest BCUT2D eigenvalue weighted by atomic mass is 10.2. The summed E-state index contributed by atoms with van der Waals surface area (Å²) in [6.45, 7) is 5.98. The fourth-order valence-electron chi connectivity index (χ4n) is 2.95. The highest BCUT2D eigenvalue weighted by Crippen LogP contribution is 2.45. The van der Waals surface area contributed by atoms with Gasteiger partial charge in [0.2, 0.25) is 0 Å². The van der Waals surface area contributed by atoms with Crippen molar-refractivity contribution < 1.29 is 80.2 Å². The average molecular weight is 693 g/mol. The van der Waals surface area contributed by atoms with Crippen molar-refractivity contribution in [1.82, 2.24) is 0 Å². The van der Waals surface area contributed by atoms with E-state index in [4.69, 9.17) is 28.0 Å². The topological polar surface area (TPSA) is 237 Å². The molecule has 0 rings (SSSR count). The van der Waals surface area contributed by atoms with Crippen LogP contribution in [0.5, 0.6) is 0 Å². The molecule has 0 amide bonds. The van der Waals surface area contributed by atoms with Gasteiger partial charge in [-0.15, -0.1) is 0 Å². The predicted octanol–water partition coefficient (Wildman–Crippen LogP) is 2.74. The Labute approximate surface area is 263 Å². The largest absolute Gasteiger partial charge is 0.472 e. The zero-order valence-corrected chi connectivity index (χ0v) is 27.5. The van der Waals surface area contributed by atoms with E-state index in [-0.39, 0.29) is 19.3 Å². The maximum absolute atomic E-state index is 12.3. The first-order valence-corrected chi connectivity index (χ1v) is 17.3. The number of phosphoric acid groups is 2. The molecule has 0 heterocycles. The number of carbonyl (C=O) groups is 4. The standard InChI is InChI=1S/C26H46O17P2/c1-5-8-10-13-24(29)37-17-23(43-26(31)12-9-6-2)19-41-45(34,35)39-15-21(28)14-38-44(32,33)40-18-22(16-36-20(4)27)42-25(30)11-7-3/h21-23,28H,1-2,5-19H2,3-4H3,(H,32,33)(H,34,35)/q-2/t21-,22+,23+/m0/s1. The summed E-state index contributed by atoms with van der Waals surface area (Å²) in [5, 5.41) is 10.0. The molecule has 0 aromatic heterocycles. The maximum Gasteiger partial charge on any atom is 0.472 e. The van der Waals surface area contributed by atoms with Crippen LogP contribution in [0.4, 0.5) is 0 Å². The molecule has 3 N–H and O–H groups in total. The van der Waals surface area contributed by atoms with Gasteiger partial charge < -0.3 is 47.7 Å². The second-order valence-corrected chi connectivity index (χ2v) is 12.4. The normalized spacial score (nSPS) is 16.0. The summed E-state index contributed by atoms with van der Waals surface area (Å²) in [5.41, 5.74) is 0. The van der Waals surface area contributed by atoms with Crippen LogP contribution < -0.4 is 0 Å². The highest BCUT2D eigenvalue weighted by atomic mass is 31.2. The molecule has 19 heteroatoms. The van der Waals surface area contributed by atoms with Crippen molar-refractivity contribution in [2.24, 2.45) is 0 Å². The van der Waals surface area contributed by atoms with Gasteiger partial charge >= 0.3 is 39.5 Å². The van der Waals surface area contributed by atoms with Gasteiger partial charge in [0.05, 0.1) is 26.4 Å². The molecule has 0 spiro atoms. The lowest BCUT2D eigenvalue weighted by Crippen LogP contribution is -2.30. The number of carbonyl (C=O) groups excluding carboxylic acids is 4. The van der Waals surface area contributed by atoms with Crippen LogP contribution in [0.25, 0.3) is 0 Å². The minimum Gasteiger partial charge on any atom is -0.462 e. The number of hydrogen-bond donors (Lipinski definition) is 3. The van der Waals surface area contributed by atoms with E-state index in [0.717, 1.165) is 6.92 Å². The first-order chi connectivity index (χ1) is 21.1. The van der Waals surface area contributed by atoms with Crippen molar-refractivity contribution in [2.75, 3.05) is 39.6 Å². The molecule has 264 valence electrons. The van der Waals surface area contributed by atoms with E-state index in [1.807, 2.05) is 0 Å². The second kappa shape index (κ2) is 24.3. The predicted molar refractivity (Wildman–Crippen MR) is 155 cm³/mol. The van der Waals surface area contributed by atoms with Gasteiger partial charge in [0.25, 0.3) is 0 Å². The van der Waals surface area contributed by atoms with Crippen LogP contribution in [0.1, 0.15) is 71.6 Å². The Morgan fingerprint density at radius 1 is 0.644 bits per heavy atom. The Balaban J connectivity index is 4.85. The van der Waals surface area contributed by atoms with Gasteiger partial charge in [0.1, 0.15) is 19.3 Å². The number of esters is 4. The molecule has 0 aliphatic heterocycles. The molecule has 0 aromatic carbocycles. The Morgan fingerprint density at radius 3 is 1.56 bits per heavy atom. The first-order valence-electron chi connectivity index (χ1n) is 14.3. The first kappa shape index (κ1) is 43.1. The molecule has 0 aliphatic carbocycles. The van der Waals surface area contributed by atoms with E-state index in [1.165, 1.54) is 0 Å². The fraction of sp³-hybridized carbons (Fsp3) is 0.769. The van der Waals surface area contributed by atoms with Crippen molar-refractivity contribution in [3.8, 4) is 0 Å². The van der Waals surface area contributed by atoms with Crippen LogP contribution in [0, 0.1) is 13.8 Å². The van der Waals surface area contributed by atoms with Gasteiger partial charge in [-0.1, -0.05) is 19.8 Å². The minimum atomic E-state index is -4.88. The number of hydrogen-bond acceptors (Lipinski definition) is 15. The Morgan fingerprint density at radius 2 is 1.09 bits per heavy atom. The second-order valence-electron chi connectivity index (χ2n) is 9.50. The molecule has 0 radical (unpaired) electrons. The third-order valence-electron chi connectivity index (χ3n) is 5.17. The zero-order chi connectivity index (χ0) is 34.3. The van der Waals surface area contributed by atoms with Crippen molar-refractivity contribution in [1.29, 1.82) is 0 Å². The van der Waals surface area contributed by atoms with Gasteiger partial charge in [-0.05, 0) is 12.8 Å². The van der Waals surface area contributed by atoms with Crippen LogP contribution in [-0.4, -0.2) is 96.7 Å². The van der Waals surface area contributed by atoms with Gasteiger partial charge in [-0.3, -0.25) is 37.3 Å². The van der Waals surface area contributed by atoms with E-state index < -0.39 is 97.5 Å². The van der Waals surface area contributed by atoms with Crippen molar-refractivity contribution in [3.05, 3.63) is 13.8 Å². The fourth-order valence-corrected chi connectivity index (χ4v) is 4.53. The summed E-state index contributed by atoms with van der Waals surface area (Å²) in [6.07, 6.45) is -0.804. The lowest BCUT2D eigenvalue weighted by molar-refractivity contribution is -0.161. The Bertz CT molecular complexity index is 975. The molecule has 0 aliphatic rings. The SMILES string of the molecule is [CH2-]CCCCC(=O)OC[C@H](COP(=O)(O)OC[C@@H](O)COP(=O)(O)OC[C@@H](COC(C)=O)OC(=O)CCC)OC(=O)CCC[CH2-]. The van der Waals surface area contributed by atoms with Crippen molar-refractivity contribution in [2.45, 2.75) is 89.9 Å². The van der Waals surface area contributed by atoms with Crippen molar-refractivity contribution in [3.63, 3.8) is 0 Å². The smallest absolute Gasteiger partial charge is 0.462 e. The third kappa shape index (κ3) is 24.9. The summed E-state index contributed by atoms with van der Waals surface area (Å²) in [6, 6.07) is 0. The van der Waals surface area contributed by atoms with E-state index >= 15 is 0 Å². The number of aliphatic hydroxyl groups excluding tert-OH is 1. The molecule has 17 nitrogen and oxygen atoms in total. The molecule has 0 saturated carbocycles. The van der Waals surface area contributed by atoms with Crippen LogP contribution >= 0.6 is 15.6 Å². The summed E-state index contributed by atoms with van der Waals surface area (Å²) in [5.74, 6) is -2.59. The quantitative estimate of drug-likeness (QED) is 0.0369. The highest BCUT2D eigenvalue weighted by molar-refractivity contribution is 7.47. The van der Waals surface area contributed by atoms with E-state index in [1.54, 1.807) is 6.92 Å². The van der Waals surface area contributed by atoms with Gasteiger partial charge in [0, 0.05) is 26.2 Å². The molecule has 2 unspecified atom stereocenters. The van der Waals surface area contributed by atoms with Crippen LogP contribution in [0.15, 0.2) is 0 Å². The van der Waals surface area contributed by atoms with Crippen LogP contribution in [-0.2, 0) is 65.4 Å². The Kier molecular flexibility index (Phi) is 23.2. The van der Waals surface area contributed by atoms with Gasteiger partial charge in [-0.25, -0.2) is 9.13 Å². The summed E-state index contributed by atoms with van der Waals surface area (Å²) >= 11 is 0. The molecule has 5 atom stereocenters. The highest BCUT2D eigenvalue weighted by Gasteiger charge is 2.30. The molecule has 0 bridgehead atoms. The third-order valence-corrected chi connectivity index (χ3v) is 7.07. The van der Waals surface area contributed by atoms with Gasteiger partial charge in [0.15, 0.2) is 12.2 Å². The van der Waals surface area contributed by atoms with Crippen LogP contribution in [0.3, 0.4) is 0 Å². The molecule has 0 fully saturated rings. The molecule has 0 aromatic rings. The number of unbranched alkanes of at least 4 members (excludes halogenated alkanes) is 3. The zero-order valence-electron chi connectivity index (χ0n) is 25.7. The summed E-state index contributed by atoms with van der Waals surface area (Å²) in [7, 11) is -9.73. The molecule has 0 saturated heterocycles. The molecule has 45 heavy (non-hydrogen) atoms. The monoisotopic (exact) mass is 692 g/mol. The van der Waals surface area contributed by atoms with E-state index in [2.05, 4.69) is 22.9 Å². The molecular weight excluding hydrogens is 646 g/mol. The Hall–Kier alpha value is -1.94. The minimum absolute atomic E-state index is 0.00616. The number of aliphatic hydroxyl groups is 1. The van der Waals surface area contributed by atoms with Crippen molar-refractivity contribution >= 4 is 39.5 Å². The van der Waals surface area contributed by atoms with Gasteiger partial charge in [-0.2, -0.15) is 12.8 Å². The average Bonchev–Trinajstić information content (AvgIpc) is 2.97. The van der Waals surface area contributed by atoms with E-state index in [9.17, 15) is 43.2 Å². The number of rotatable bonds is 27. The maximum atomic E-state index is 12.3. The lowest BCUT2D eigenvalue weighted by Gasteiger charge is -2.21. The summed E-state index contributed by atoms with van der Waals surface area (Å²) in [4.78, 5) is 66.6. The number of phosphoric ester groups is 2. The number of ether oxygens (including phenoxy) is 4.